The van der Waals surface area contributed by atoms with E-state index in [9.17, 15) is 0 Å². The van der Waals surface area contributed by atoms with E-state index in [4.69, 9.17) is 0 Å². The minimum Gasteiger partial charge on any atom is -0.312 e. The van der Waals surface area contributed by atoms with Crippen molar-refractivity contribution in [3.63, 3.8) is 0 Å². The topological polar surface area (TPSA) is 24.1 Å². The summed E-state index contributed by atoms with van der Waals surface area (Å²) in [7, 11) is 0. The Hall–Kier alpha value is -0.380. The average Bonchev–Trinajstić information content (AvgIpc) is 2.89. The van der Waals surface area contributed by atoms with Crippen LogP contribution in [0.2, 0.25) is 0 Å². The average molecular weight is 238 g/mol. The van der Waals surface area contributed by atoms with E-state index in [-0.39, 0.29) is 0 Å². The summed E-state index contributed by atoms with van der Waals surface area (Å²) in [6.45, 7) is 7.86. The van der Waals surface area contributed by atoms with Crippen LogP contribution in [0.1, 0.15) is 30.0 Å². The minimum absolute atomic E-state index is 0.672. The first-order valence-electron chi connectivity index (χ1n) is 6.31. The van der Waals surface area contributed by atoms with Crippen LogP contribution < -0.4 is 10.6 Å². The Morgan fingerprint density at radius 3 is 2.88 bits per heavy atom. The molecule has 3 heteroatoms. The molecule has 90 valence electrons. The summed E-state index contributed by atoms with van der Waals surface area (Å²) < 4.78 is 0. The molecule has 1 aromatic heterocycles. The fraction of sp³-hybridized carbons (Fsp3) is 0.692. The van der Waals surface area contributed by atoms with Crippen molar-refractivity contribution in [2.75, 3.05) is 13.1 Å². The van der Waals surface area contributed by atoms with Crippen LogP contribution >= 0.6 is 11.3 Å². The molecule has 2 atom stereocenters. The second kappa shape index (κ2) is 5.80. The summed E-state index contributed by atoms with van der Waals surface area (Å²) in [5, 5.41) is 7.11. The lowest BCUT2D eigenvalue weighted by atomic mass is 10.0. The molecule has 16 heavy (non-hydrogen) atoms. The number of hydrogen-bond acceptors (Lipinski definition) is 3. The molecule has 0 aromatic carbocycles. The Kier molecular flexibility index (Phi) is 4.38. The molecule has 0 spiro atoms. The van der Waals surface area contributed by atoms with Gasteiger partial charge in [-0.25, -0.2) is 0 Å². The molecule has 1 saturated heterocycles. The van der Waals surface area contributed by atoms with Crippen LogP contribution in [0.15, 0.2) is 12.1 Å². The summed E-state index contributed by atoms with van der Waals surface area (Å²) in [6, 6.07) is 5.17. The largest absolute Gasteiger partial charge is 0.312 e. The maximum absolute atomic E-state index is 3.56. The summed E-state index contributed by atoms with van der Waals surface area (Å²) in [6.07, 6.45) is 2.48. The number of thiophene rings is 1. The second-order valence-corrected chi connectivity index (χ2v) is 5.93. The first-order valence-corrected chi connectivity index (χ1v) is 7.13. The third kappa shape index (κ3) is 3.06. The Balaban J connectivity index is 1.71. The summed E-state index contributed by atoms with van der Waals surface area (Å²) >= 11 is 1.93. The highest BCUT2D eigenvalue weighted by Gasteiger charge is 2.21. The van der Waals surface area contributed by atoms with E-state index in [2.05, 4.69) is 36.6 Å². The Bertz CT molecular complexity index is 321. The Morgan fingerprint density at radius 1 is 1.44 bits per heavy atom. The van der Waals surface area contributed by atoms with Gasteiger partial charge in [-0.05, 0) is 37.4 Å². The molecule has 0 saturated carbocycles. The molecule has 0 amide bonds. The van der Waals surface area contributed by atoms with Gasteiger partial charge in [-0.15, -0.1) is 11.3 Å². The predicted molar refractivity (Wildman–Crippen MR) is 71.0 cm³/mol. The highest BCUT2D eigenvalue weighted by molar-refractivity contribution is 7.11. The first kappa shape index (κ1) is 12.1. The summed E-state index contributed by atoms with van der Waals surface area (Å²) in [5.41, 5.74) is 0. The molecule has 1 aliphatic heterocycles. The highest BCUT2D eigenvalue weighted by Crippen LogP contribution is 2.17. The molecule has 2 nitrogen and oxygen atoms in total. The molecule has 0 bridgehead atoms. The third-order valence-corrected chi connectivity index (χ3v) is 4.65. The molecule has 1 fully saturated rings. The zero-order chi connectivity index (χ0) is 11.4. The third-order valence-electron chi connectivity index (χ3n) is 3.42. The van der Waals surface area contributed by atoms with Gasteiger partial charge in [0.05, 0.1) is 0 Å². The molecule has 2 unspecified atom stereocenters. The lowest BCUT2D eigenvalue weighted by molar-refractivity contribution is 0.449. The van der Waals surface area contributed by atoms with E-state index < -0.39 is 0 Å². The molecule has 1 aliphatic rings. The summed E-state index contributed by atoms with van der Waals surface area (Å²) in [4.78, 5) is 2.95. The van der Waals surface area contributed by atoms with Crippen molar-refractivity contribution in [3.8, 4) is 0 Å². The van der Waals surface area contributed by atoms with Gasteiger partial charge in [-0.2, -0.15) is 0 Å². The molecule has 2 N–H and O–H groups in total. The first-order chi connectivity index (χ1) is 7.79. The van der Waals surface area contributed by atoms with Crippen molar-refractivity contribution < 1.29 is 0 Å². The van der Waals surface area contributed by atoms with Gasteiger partial charge in [0.25, 0.3) is 0 Å². The lowest BCUT2D eigenvalue weighted by Crippen LogP contribution is -2.36. The molecule has 0 aliphatic carbocycles. The van der Waals surface area contributed by atoms with Crippen LogP contribution in [0, 0.1) is 5.92 Å². The van der Waals surface area contributed by atoms with Crippen LogP contribution in [0.3, 0.4) is 0 Å². The van der Waals surface area contributed by atoms with Gasteiger partial charge in [0.2, 0.25) is 0 Å². The molecular formula is C13H22N2S. The maximum atomic E-state index is 3.56. The van der Waals surface area contributed by atoms with E-state index in [1.165, 1.54) is 22.7 Å². The van der Waals surface area contributed by atoms with Gasteiger partial charge in [-0.3, -0.25) is 0 Å². The lowest BCUT2D eigenvalue weighted by Gasteiger charge is -2.15. The predicted octanol–water partition coefficient (Wildman–Crippen LogP) is 2.40. The highest BCUT2D eigenvalue weighted by atomic mass is 32.1. The SMILES string of the molecule is CCc1ccc(CNCC2NCCC2C)s1. The maximum Gasteiger partial charge on any atom is 0.0300 e. The van der Waals surface area contributed by atoms with Gasteiger partial charge in [0, 0.05) is 28.9 Å². The van der Waals surface area contributed by atoms with E-state index >= 15 is 0 Å². The van der Waals surface area contributed by atoms with E-state index in [1.54, 1.807) is 0 Å². The number of nitrogens with one attached hydrogen (secondary N) is 2. The molecular weight excluding hydrogens is 216 g/mol. The Labute approximate surface area is 102 Å². The van der Waals surface area contributed by atoms with Gasteiger partial charge < -0.3 is 10.6 Å². The van der Waals surface area contributed by atoms with Gasteiger partial charge in [0.1, 0.15) is 0 Å². The van der Waals surface area contributed by atoms with Gasteiger partial charge in [0.15, 0.2) is 0 Å². The van der Waals surface area contributed by atoms with Gasteiger partial charge in [-0.1, -0.05) is 13.8 Å². The van der Waals surface area contributed by atoms with E-state index in [0.29, 0.717) is 6.04 Å². The quantitative estimate of drug-likeness (QED) is 0.823. The molecule has 2 heterocycles. The second-order valence-electron chi connectivity index (χ2n) is 4.68. The number of rotatable bonds is 5. The van der Waals surface area contributed by atoms with Crippen LogP contribution in [0.5, 0.6) is 0 Å². The molecule has 0 radical (unpaired) electrons. The fourth-order valence-corrected chi connectivity index (χ4v) is 3.16. The monoisotopic (exact) mass is 238 g/mol. The van der Waals surface area contributed by atoms with Crippen LogP contribution in [-0.2, 0) is 13.0 Å². The van der Waals surface area contributed by atoms with Crippen LogP contribution in [0.4, 0.5) is 0 Å². The number of aryl methyl sites for hydroxylation is 1. The van der Waals surface area contributed by atoms with Crippen LogP contribution in [0.25, 0.3) is 0 Å². The van der Waals surface area contributed by atoms with Gasteiger partial charge >= 0.3 is 0 Å². The van der Waals surface area contributed by atoms with Crippen molar-refractivity contribution in [2.24, 2.45) is 5.92 Å². The fourth-order valence-electron chi connectivity index (χ4n) is 2.23. The standard InChI is InChI=1S/C13H22N2S/c1-3-11-4-5-12(16-11)8-14-9-13-10(2)6-7-15-13/h4-5,10,13-15H,3,6-9H2,1-2H3. The number of hydrogen-bond donors (Lipinski definition) is 2. The zero-order valence-electron chi connectivity index (χ0n) is 10.3. The summed E-state index contributed by atoms with van der Waals surface area (Å²) in [5.74, 6) is 0.821. The molecule has 1 aromatic rings. The van der Waals surface area contributed by atoms with E-state index in [0.717, 1.165) is 25.4 Å². The van der Waals surface area contributed by atoms with Crippen molar-refractivity contribution in [2.45, 2.75) is 39.3 Å². The normalized spacial score (nSPS) is 25.1. The van der Waals surface area contributed by atoms with Crippen LogP contribution in [-0.4, -0.2) is 19.1 Å². The smallest absolute Gasteiger partial charge is 0.0300 e. The van der Waals surface area contributed by atoms with Crippen molar-refractivity contribution >= 4 is 11.3 Å². The van der Waals surface area contributed by atoms with Crippen molar-refractivity contribution in [3.05, 3.63) is 21.9 Å². The Morgan fingerprint density at radius 2 is 2.25 bits per heavy atom. The van der Waals surface area contributed by atoms with E-state index in [1.807, 2.05) is 11.3 Å². The zero-order valence-corrected chi connectivity index (χ0v) is 11.1. The molecule has 2 rings (SSSR count). The minimum atomic E-state index is 0.672. The van der Waals surface area contributed by atoms with Crippen molar-refractivity contribution in [1.82, 2.24) is 10.6 Å². The van der Waals surface area contributed by atoms with Crippen molar-refractivity contribution in [1.29, 1.82) is 0 Å².